The fourth-order valence-corrected chi connectivity index (χ4v) is 4.46. The Balaban J connectivity index is 0.000000403. The first-order valence-corrected chi connectivity index (χ1v) is 13.5. The van der Waals surface area contributed by atoms with Gasteiger partial charge in [0, 0.05) is 42.9 Å². The van der Waals surface area contributed by atoms with Crippen molar-refractivity contribution in [1.82, 2.24) is 24.9 Å². The van der Waals surface area contributed by atoms with E-state index in [0.29, 0.717) is 22.6 Å². The summed E-state index contributed by atoms with van der Waals surface area (Å²) in [6.07, 6.45) is 8.87. The lowest BCUT2D eigenvalue weighted by Crippen LogP contribution is -2.27. The standard InChI is InChI=1S/C23H24N4O3.C8H19N/c1-6-8-15(7-2)27-23-17-11-16(19-9-10-24-26(19)4)20(29-5)12-21(17)30-13-18(23)22(25-27)14(3)28;1-5-6-9-7-8(2,3)4/h6-12H,13H2,1-5H3;9H,5-7H2,1-4H3/b8-6-,15-7+;. The van der Waals surface area contributed by atoms with Crippen LogP contribution in [0.3, 0.4) is 0 Å². The van der Waals surface area contributed by atoms with Crippen LogP contribution in [0.4, 0.5) is 0 Å². The number of carbonyl (C=O) groups excluding carboxylic acids is 1. The van der Waals surface area contributed by atoms with Gasteiger partial charge in [-0.2, -0.15) is 10.2 Å². The van der Waals surface area contributed by atoms with E-state index in [1.54, 1.807) is 18.0 Å². The highest BCUT2D eigenvalue weighted by atomic mass is 16.5. The minimum absolute atomic E-state index is 0.0895. The topological polar surface area (TPSA) is 83.2 Å². The molecule has 8 nitrogen and oxygen atoms in total. The summed E-state index contributed by atoms with van der Waals surface area (Å²) in [7, 11) is 3.52. The predicted molar refractivity (Wildman–Crippen MR) is 158 cm³/mol. The molecule has 210 valence electrons. The fraction of sp³-hybridized carbons (Fsp3) is 0.452. The minimum Gasteiger partial charge on any atom is -0.496 e. The molecule has 8 heteroatoms. The smallest absolute Gasteiger partial charge is 0.180 e. The highest BCUT2D eigenvalue weighted by Gasteiger charge is 2.30. The Morgan fingerprint density at radius 1 is 1.23 bits per heavy atom. The number of carbonyl (C=O) groups is 1. The first kappa shape index (κ1) is 29.9. The van der Waals surface area contributed by atoms with Gasteiger partial charge in [-0.05, 0) is 57.0 Å². The largest absolute Gasteiger partial charge is 0.496 e. The maximum absolute atomic E-state index is 12.3. The lowest BCUT2D eigenvalue weighted by molar-refractivity contribution is 0.101. The van der Waals surface area contributed by atoms with Gasteiger partial charge in [0.1, 0.15) is 23.8 Å². The van der Waals surface area contributed by atoms with E-state index in [1.165, 1.54) is 13.3 Å². The van der Waals surface area contributed by atoms with Crippen LogP contribution in [0.2, 0.25) is 0 Å². The zero-order valence-electron chi connectivity index (χ0n) is 24.9. The van der Waals surface area contributed by atoms with Crippen molar-refractivity contribution < 1.29 is 14.3 Å². The van der Waals surface area contributed by atoms with Gasteiger partial charge >= 0.3 is 0 Å². The molecule has 0 saturated carbocycles. The van der Waals surface area contributed by atoms with Crippen LogP contribution in [0.1, 0.15) is 70.9 Å². The average Bonchev–Trinajstić information content (AvgIpc) is 3.50. The van der Waals surface area contributed by atoms with Gasteiger partial charge in [0.05, 0.1) is 24.2 Å². The zero-order chi connectivity index (χ0) is 28.7. The van der Waals surface area contributed by atoms with Gasteiger partial charge < -0.3 is 14.8 Å². The summed E-state index contributed by atoms with van der Waals surface area (Å²) in [5.41, 5.74) is 6.06. The molecule has 0 saturated heterocycles. The number of rotatable bonds is 8. The summed E-state index contributed by atoms with van der Waals surface area (Å²) >= 11 is 0. The first-order chi connectivity index (χ1) is 18.6. The van der Waals surface area contributed by atoms with Gasteiger partial charge in [-0.3, -0.25) is 9.48 Å². The number of aromatic nitrogens is 4. The molecule has 0 aliphatic carbocycles. The van der Waals surface area contributed by atoms with E-state index in [0.717, 1.165) is 46.9 Å². The maximum atomic E-state index is 12.3. The SMILES string of the molecule is C/C=C\C(=C/C)n1nc(C(C)=O)c2c1-c1cc(-c3ccnn3C)c(OC)cc1OC2.CCCNCC(C)(C)C. The number of allylic oxidation sites excluding steroid dienone is 4. The Morgan fingerprint density at radius 3 is 2.51 bits per heavy atom. The van der Waals surface area contributed by atoms with Crippen LogP contribution in [0, 0.1) is 5.41 Å². The molecule has 0 amide bonds. The molecule has 1 aromatic carbocycles. The highest BCUT2D eigenvalue weighted by Crippen LogP contribution is 2.45. The van der Waals surface area contributed by atoms with E-state index < -0.39 is 0 Å². The second-order valence-corrected chi connectivity index (χ2v) is 10.8. The number of Topliss-reactive ketones (excluding diaryl/α,β-unsaturated/α-hetero) is 1. The van der Waals surface area contributed by atoms with Crippen LogP contribution in [-0.2, 0) is 13.7 Å². The number of hydrogen-bond acceptors (Lipinski definition) is 6. The summed E-state index contributed by atoms with van der Waals surface area (Å²) in [5, 5.41) is 12.3. The molecular weight excluding hydrogens is 490 g/mol. The molecule has 3 heterocycles. The third kappa shape index (κ3) is 6.87. The monoisotopic (exact) mass is 533 g/mol. The molecule has 3 aromatic rings. The molecule has 1 aliphatic rings. The summed E-state index contributed by atoms with van der Waals surface area (Å²) in [5.74, 6) is 1.30. The van der Waals surface area contributed by atoms with E-state index in [1.807, 2.05) is 62.0 Å². The van der Waals surface area contributed by atoms with Crippen LogP contribution in [0.5, 0.6) is 11.5 Å². The lowest BCUT2D eigenvalue weighted by atomic mass is 9.97. The Hall–Kier alpha value is -3.65. The van der Waals surface area contributed by atoms with Gasteiger partial charge in [-0.15, -0.1) is 0 Å². The van der Waals surface area contributed by atoms with E-state index >= 15 is 0 Å². The van der Waals surface area contributed by atoms with E-state index in [2.05, 4.69) is 43.2 Å². The highest BCUT2D eigenvalue weighted by molar-refractivity contribution is 5.97. The summed E-state index contributed by atoms with van der Waals surface area (Å²) < 4.78 is 15.3. The molecule has 2 aromatic heterocycles. The third-order valence-electron chi connectivity index (χ3n) is 6.30. The number of methoxy groups -OCH3 is 1. The Bertz CT molecular complexity index is 1360. The molecule has 1 aliphatic heterocycles. The Morgan fingerprint density at radius 2 is 1.97 bits per heavy atom. The molecule has 39 heavy (non-hydrogen) atoms. The normalized spacial score (nSPS) is 12.9. The number of ketones is 1. The Labute approximate surface area is 232 Å². The molecule has 0 unspecified atom stereocenters. The maximum Gasteiger partial charge on any atom is 0.180 e. The molecule has 0 radical (unpaired) electrons. The molecule has 4 rings (SSSR count). The third-order valence-corrected chi connectivity index (χ3v) is 6.30. The van der Waals surface area contributed by atoms with Crippen molar-refractivity contribution in [2.24, 2.45) is 12.5 Å². The number of fused-ring (bicyclic) bond motifs is 3. The van der Waals surface area contributed by atoms with E-state index in [4.69, 9.17) is 9.47 Å². The van der Waals surface area contributed by atoms with Crippen molar-refractivity contribution in [3.63, 3.8) is 0 Å². The number of ether oxygens (including phenoxy) is 2. The van der Waals surface area contributed by atoms with Crippen molar-refractivity contribution in [2.45, 2.75) is 61.5 Å². The molecule has 0 bridgehead atoms. The van der Waals surface area contributed by atoms with Crippen molar-refractivity contribution in [2.75, 3.05) is 20.2 Å². The minimum atomic E-state index is -0.0895. The van der Waals surface area contributed by atoms with Crippen LogP contribution in [0.25, 0.3) is 28.2 Å². The second-order valence-electron chi connectivity index (χ2n) is 10.8. The van der Waals surface area contributed by atoms with Crippen LogP contribution in [0.15, 0.2) is 42.6 Å². The summed E-state index contributed by atoms with van der Waals surface area (Å²) in [6.45, 7) is 16.9. The van der Waals surface area contributed by atoms with Gasteiger partial charge in [-0.1, -0.05) is 39.8 Å². The number of nitrogens with one attached hydrogen (secondary N) is 1. The van der Waals surface area contributed by atoms with Crippen LogP contribution < -0.4 is 14.8 Å². The van der Waals surface area contributed by atoms with Crippen molar-refractivity contribution in [3.8, 4) is 34.0 Å². The second kappa shape index (κ2) is 12.9. The van der Waals surface area contributed by atoms with Gasteiger partial charge in [0.15, 0.2) is 5.78 Å². The zero-order valence-corrected chi connectivity index (χ0v) is 24.9. The fourth-order valence-electron chi connectivity index (χ4n) is 4.46. The number of aryl methyl sites for hydroxylation is 1. The number of nitrogens with zero attached hydrogens (tertiary/aromatic N) is 4. The van der Waals surface area contributed by atoms with Crippen molar-refractivity contribution in [1.29, 1.82) is 0 Å². The van der Waals surface area contributed by atoms with Crippen LogP contribution in [-0.4, -0.2) is 45.5 Å². The first-order valence-electron chi connectivity index (χ1n) is 13.5. The average molecular weight is 534 g/mol. The van der Waals surface area contributed by atoms with Crippen molar-refractivity contribution in [3.05, 3.63) is 53.9 Å². The predicted octanol–water partition coefficient (Wildman–Crippen LogP) is 6.52. The lowest BCUT2D eigenvalue weighted by Gasteiger charge is -2.22. The van der Waals surface area contributed by atoms with E-state index in [-0.39, 0.29) is 12.4 Å². The molecular formula is C31H43N5O3. The number of benzene rings is 1. The molecule has 0 fully saturated rings. The Kier molecular flexibility index (Phi) is 9.92. The molecule has 0 atom stereocenters. The van der Waals surface area contributed by atoms with E-state index in [9.17, 15) is 4.79 Å². The van der Waals surface area contributed by atoms with Crippen molar-refractivity contribution >= 4 is 11.5 Å². The van der Waals surface area contributed by atoms with Gasteiger partial charge in [-0.25, -0.2) is 4.68 Å². The quantitative estimate of drug-likeness (QED) is 0.202. The summed E-state index contributed by atoms with van der Waals surface area (Å²) in [6, 6.07) is 5.84. The van der Waals surface area contributed by atoms with Gasteiger partial charge in [0.25, 0.3) is 0 Å². The number of hydrogen-bond donors (Lipinski definition) is 1. The summed E-state index contributed by atoms with van der Waals surface area (Å²) in [4.78, 5) is 12.3. The van der Waals surface area contributed by atoms with Crippen LogP contribution >= 0.6 is 0 Å². The molecule has 1 N–H and O–H groups in total. The molecule has 0 spiro atoms. The van der Waals surface area contributed by atoms with Gasteiger partial charge in [0.2, 0.25) is 0 Å².